The van der Waals surface area contributed by atoms with Crippen molar-refractivity contribution in [1.29, 1.82) is 0 Å². The van der Waals surface area contributed by atoms with E-state index in [1.54, 1.807) is 0 Å². The molecule has 0 aliphatic carbocycles. The van der Waals surface area contributed by atoms with E-state index in [2.05, 4.69) is 10.6 Å². The largest absolute Gasteiger partial charge is 0.486 e. The third-order valence-electron chi connectivity index (χ3n) is 3.14. The molecule has 1 aromatic rings. The molecule has 1 unspecified atom stereocenters. The van der Waals surface area contributed by atoms with E-state index in [1.165, 1.54) is 0 Å². The molecular weight excluding hydrogens is 256 g/mol. The predicted molar refractivity (Wildman–Crippen MR) is 77.0 cm³/mol. The Labute approximate surface area is 119 Å². The maximum Gasteiger partial charge on any atom is 0.221 e. The molecule has 1 amide bonds. The lowest BCUT2D eigenvalue weighted by atomic mass is 10.1. The van der Waals surface area contributed by atoms with E-state index in [9.17, 15) is 4.79 Å². The smallest absolute Gasteiger partial charge is 0.221 e. The summed E-state index contributed by atoms with van der Waals surface area (Å²) in [5, 5.41) is 6.14. The lowest BCUT2D eigenvalue weighted by Crippen LogP contribution is -2.33. The number of hydrogen-bond acceptors (Lipinski definition) is 4. The van der Waals surface area contributed by atoms with Crippen molar-refractivity contribution in [2.75, 3.05) is 19.8 Å². The zero-order valence-electron chi connectivity index (χ0n) is 12.1. The average molecular weight is 278 g/mol. The molecule has 110 valence electrons. The highest BCUT2D eigenvalue weighted by molar-refractivity contribution is 5.76. The monoisotopic (exact) mass is 278 g/mol. The van der Waals surface area contributed by atoms with E-state index in [-0.39, 0.29) is 11.9 Å². The van der Waals surface area contributed by atoms with Gasteiger partial charge in [0.1, 0.15) is 13.2 Å². The van der Waals surface area contributed by atoms with E-state index < -0.39 is 0 Å². The van der Waals surface area contributed by atoms with Crippen LogP contribution in [0.25, 0.3) is 0 Å². The standard InChI is InChI=1S/C15H22N2O3/c1-3-16-11(2)8-15(18)17-10-12-4-5-13-14(9-12)20-7-6-19-13/h4-5,9,11,16H,3,6-8,10H2,1-2H3,(H,17,18). The van der Waals surface area contributed by atoms with Crippen molar-refractivity contribution in [3.05, 3.63) is 23.8 Å². The fourth-order valence-corrected chi connectivity index (χ4v) is 2.17. The van der Waals surface area contributed by atoms with Crippen LogP contribution in [0.2, 0.25) is 0 Å². The van der Waals surface area contributed by atoms with Crippen molar-refractivity contribution in [2.45, 2.75) is 32.9 Å². The van der Waals surface area contributed by atoms with Crippen LogP contribution in [0.4, 0.5) is 0 Å². The SMILES string of the molecule is CCNC(C)CC(=O)NCc1ccc2c(c1)OCCO2. The van der Waals surface area contributed by atoms with Crippen LogP contribution in [0.3, 0.4) is 0 Å². The minimum absolute atomic E-state index is 0.0494. The van der Waals surface area contributed by atoms with Crippen LogP contribution in [0.5, 0.6) is 11.5 Å². The minimum Gasteiger partial charge on any atom is -0.486 e. The number of carbonyl (C=O) groups excluding carboxylic acids is 1. The Morgan fingerprint density at radius 3 is 2.80 bits per heavy atom. The first-order valence-electron chi connectivity index (χ1n) is 7.07. The molecule has 1 heterocycles. The van der Waals surface area contributed by atoms with Crippen molar-refractivity contribution in [1.82, 2.24) is 10.6 Å². The predicted octanol–water partition coefficient (Wildman–Crippen LogP) is 1.46. The zero-order valence-corrected chi connectivity index (χ0v) is 12.1. The van der Waals surface area contributed by atoms with Gasteiger partial charge in [-0.3, -0.25) is 4.79 Å². The van der Waals surface area contributed by atoms with Crippen LogP contribution < -0.4 is 20.1 Å². The molecule has 0 bridgehead atoms. The van der Waals surface area contributed by atoms with Gasteiger partial charge in [-0.25, -0.2) is 0 Å². The van der Waals surface area contributed by atoms with E-state index in [4.69, 9.17) is 9.47 Å². The first-order valence-corrected chi connectivity index (χ1v) is 7.07. The summed E-state index contributed by atoms with van der Waals surface area (Å²) >= 11 is 0. The number of rotatable bonds is 6. The number of fused-ring (bicyclic) bond motifs is 1. The summed E-state index contributed by atoms with van der Waals surface area (Å²) in [6.07, 6.45) is 0.485. The van der Waals surface area contributed by atoms with Gasteiger partial charge in [-0.15, -0.1) is 0 Å². The summed E-state index contributed by atoms with van der Waals surface area (Å²) in [5.41, 5.74) is 1.01. The maximum atomic E-state index is 11.8. The van der Waals surface area contributed by atoms with Gasteiger partial charge in [0.15, 0.2) is 11.5 Å². The Balaban J connectivity index is 1.83. The lowest BCUT2D eigenvalue weighted by molar-refractivity contribution is -0.121. The van der Waals surface area contributed by atoms with Gasteiger partial charge in [0.25, 0.3) is 0 Å². The van der Waals surface area contributed by atoms with Gasteiger partial charge in [0.2, 0.25) is 5.91 Å². The number of amides is 1. The minimum atomic E-state index is 0.0494. The van der Waals surface area contributed by atoms with Gasteiger partial charge in [-0.05, 0) is 31.2 Å². The molecule has 1 aliphatic heterocycles. The Kier molecular flexibility index (Phi) is 5.24. The number of carbonyl (C=O) groups is 1. The molecule has 1 atom stereocenters. The molecule has 1 aliphatic rings. The van der Waals surface area contributed by atoms with Crippen molar-refractivity contribution in [3.63, 3.8) is 0 Å². The molecule has 0 radical (unpaired) electrons. The molecule has 20 heavy (non-hydrogen) atoms. The van der Waals surface area contributed by atoms with Gasteiger partial charge >= 0.3 is 0 Å². The van der Waals surface area contributed by atoms with Crippen LogP contribution in [0, 0.1) is 0 Å². The molecule has 0 saturated carbocycles. The highest BCUT2D eigenvalue weighted by Gasteiger charge is 2.12. The summed E-state index contributed by atoms with van der Waals surface area (Å²) in [5.74, 6) is 1.57. The number of benzene rings is 1. The van der Waals surface area contributed by atoms with Crippen molar-refractivity contribution < 1.29 is 14.3 Å². The first kappa shape index (κ1) is 14.7. The van der Waals surface area contributed by atoms with E-state index in [0.29, 0.717) is 26.2 Å². The third-order valence-corrected chi connectivity index (χ3v) is 3.14. The third kappa shape index (κ3) is 4.13. The quantitative estimate of drug-likeness (QED) is 0.827. The molecule has 0 aromatic heterocycles. The van der Waals surface area contributed by atoms with Crippen LogP contribution >= 0.6 is 0 Å². The number of nitrogens with one attached hydrogen (secondary N) is 2. The molecular formula is C15H22N2O3. The summed E-state index contributed by atoms with van der Waals surface area (Å²) in [7, 11) is 0. The second kappa shape index (κ2) is 7.14. The average Bonchev–Trinajstić information content (AvgIpc) is 2.45. The van der Waals surface area contributed by atoms with E-state index >= 15 is 0 Å². The number of hydrogen-bond donors (Lipinski definition) is 2. The molecule has 2 N–H and O–H groups in total. The Morgan fingerprint density at radius 2 is 2.05 bits per heavy atom. The van der Waals surface area contributed by atoms with E-state index in [1.807, 2.05) is 32.0 Å². The second-order valence-corrected chi connectivity index (χ2v) is 4.92. The summed E-state index contributed by atoms with van der Waals surface area (Å²) in [4.78, 5) is 11.8. The van der Waals surface area contributed by atoms with Crippen LogP contribution in [-0.2, 0) is 11.3 Å². The molecule has 0 spiro atoms. The Bertz CT molecular complexity index is 462. The molecule has 0 saturated heterocycles. The molecule has 5 heteroatoms. The van der Waals surface area contributed by atoms with Gasteiger partial charge < -0.3 is 20.1 Å². The van der Waals surface area contributed by atoms with Crippen LogP contribution in [0.1, 0.15) is 25.8 Å². The Morgan fingerprint density at radius 1 is 1.30 bits per heavy atom. The summed E-state index contributed by atoms with van der Waals surface area (Å²) < 4.78 is 11.0. The van der Waals surface area contributed by atoms with Crippen LogP contribution in [0.15, 0.2) is 18.2 Å². The van der Waals surface area contributed by atoms with Crippen molar-refractivity contribution in [2.24, 2.45) is 0 Å². The topological polar surface area (TPSA) is 59.6 Å². The van der Waals surface area contributed by atoms with Gasteiger partial charge in [-0.1, -0.05) is 13.0 Å². The summed E-state index contributed by atoms with van der Waals surface area (Å²) in [6, 6.07) is 5.95. The summed E-state index contributed by atoms with van der Waals surface area (Å²) in [6.45, 7) is 6.58. The maximum absolute atomic E-state index is 11.8. The normalized spacial score (nSPS) is 14.7. The van der Waals surface area contributed by atoms with E-state index in [0.717, 1.165) is 23.6 Å². The zero-order chi connectivity index (χ0) is 14.4. The van der Waals surface area contributed by atoms with Gasteiger partial charge in [-0.2, -0.15) is 0 Å². The Hall–Kier alpha value is -1.75. The second-order valence-electron chi connectivity index (χ2n) is 4.92. The first-order chi connectivity index (χ1) is 9.69. The number of ether oxygens (including phenoxy) is 2. The highest BCUT2D eigenvalue weighted by Crippen LogP contribution is 2.30. The van der Waals surface area contributed by atoms with Crippen molar-refractivity contribution in [3.8, 4) is 11.5 Å². The lowest BCUT2D eigenvalue weighted by Gasteiger charge is -2.19. The molecule has 0 fully saturated rings. The van der Waals surface area contributed by atoms with Crippen molar-refractivity contribution >= 4 is 5.91 Å². The fourth-order valence-electron chi connectivity index (χ4n) is 2.17. The molecule has 5 nitrogen and oxygen atoms in total. The highest BCUT2D eigenvalue weighted by atomic mass is 16.6. The van der Waals surface area contributed by atoms with Gasteiger partial charge in [0, 0.05) is 19.0 Å². The van der Waals surface area contributed by atoms with Crippen LogP contribution in [-0.4, -0.2) is 31.7 Å². The fraction of sp³-hybridized carbons (Fsp3) is 0.533. The molecule has 2 rings (SSSR count). The molecule has 1 aromatic carbocycles. The van der Waals surface area contributed by atoms with Gasteiger partial charge in [0.05, 0.1) is 0 Å².